The van der Waals surface area contributed by atoms with Crippen molar-refractivity contribution in [3.05, 3.63) is 35.9 Å². The van der Waals surface area contributed by atoms with E-state index in [0.717, 1.165) is 11.5 Å². The summed E-state index contributed by atoms with van der Waals surface area (Å²) in [5, 5.41) is 5.18. The van der Waals surface area contributed by atoms with Crippen molar-refractivity contribution in [3.8, 4) is 0 Å². The second-order valence-corrected chi connectivity index (χ2v) is 5.46. The standard InChI is InChI=1S/C12H14N2OS/c1-9(15)12(2)14-13-11(16-12)8-10-6-4-3-5-7-10/h3-7,14H,8H2,1-2H3. The number of rotatable bonds is 3. The first-order chi connectivity index (χ1) is 7.60. The Morgan fingerprint density at radius 2 is 2.12 bits per heavy atom. The molecule has 0 saturated heterocycles. The van der Waals surface area contributed by atoms with Gasteiger partial charge in [-0.2, -0.15) is 5.10 Å². The van der Waals surface area contributed by atoms with E-state index in [2.05, 4.69) is 22.7 Å². The molecule has 1 unspecified atom stereocenters. The van der Waals surface area contributed by atoms with Crippen molar-refractivity contribution in [2.45, 2.75) is 25.1 Å². The number of carbonyl (C=O) groups excluding carboxylic acids is 1. The molecular weight excluding hydrogens is 220 g/mol. The molecule has 3 nitrogen and oxygen atoms in total. The van der Waals surface area contributed by atoms with Crippen molar-refractivity contribution in [2.75, 3.05) is 0 Å². The van der Waals surface area contributed by atoms with Crippen LogP contribution in [-0.4, -0.2) is 15.7 Å². The van der Waals surface area contributed by atoms with E-state index < -0.39 is 4.87 Å². The summed E-state index contributed by atoms with van der Waals surface area (Å²) in [6, 6.07) is 10.1. The third-order valence-electron chi connectivity index (χ3n) is 2.59. The van der Waals surface area contributed by atoms with Crippen molar-refractivity contribution in [3.63, 3.8) is 0 Å². The first-order valence-electron chi connectivity index (χ1n) is 5.18. The molecule has 1 heterocycles. The summed E-state index contributed by atoms with van der Waals surface area (Å²) in [6.45, 7) is 3.45. The topological polar surface area (TPSA) is 41.5 Å². The van der Waals surface area contributed by atoms with Crippen LogP contribution >= 0.6 is 11.8 Å². The lowest BCUT2D eigenvalue weighted by Crippen LogP contribution is -2.39. The zero-order valence-electron chi connectivity index (χ0n) is 9.36. The molecule has 0 aliphatic carbocycles. The van der Waals surface area contributed by atoms with Gasteiger partial charge in [-0.3, -0.25) is 10.2 Å². The van der Waals surface area contributed by atoms with Crippen molar-refractivity contribution >= 4 is 22.6 Å². The van der Waals surface area contributed by atoms with Crippen molar-refractivity contribution < 1.29 is 4.79 Å². The predicted octanol–water partition coefficient (Wildman–Crippen LogP) is 2.18. The molecule has 1 aromatic carbocycles. The van der Waals surface area contributed by atoms with Gasteiger partial charge in [-0.1, -0.05) is 42.1 Å². The first-order valence-corrected chi connectivity index (χ1v) is 5.99. The molecule has 0 saturated carbocycles. The molecule has 4 heteroatoms. The smallest absolute Gasteiger partial charge is 0.166 e. The molecule has 0 bridgehead atoms. The molecule has 1 aromatic rings. The van der Waals surface area contributed by atoms with Gasteiger partial charge < -0.3 is 0 Å². The first kappa shape index (κ1) is 11.2. The lowest BCUT2D eigenvalue weighted by Gasteiger charge is -2.18. The maximum atomic E-state index is 11.4. The summed E-state index contributed by atoms with van der Waals surface area (Å²) in [6.07, 6.45) is 0.779. The fourth-order valence-corrected chi connectivity index (χ4v) is 2.48. The predicted molar refractivity (Wildman–Crippen MR) is 67.4 cm³/mol. The van der Waals surface area contributed by atoms with Crippen LogP contribution < -0.4 is 5.43 Å². The molecule has 16 heavy (non-hydrogen) atoms. The number of hydrogen-bond acceptors (Lipinski definition) is 4. The molecule has 0 spiro atoms. The van der Waals surface area contributed by atoms with Gasteiger partial charge in [0.2, 0.25) is 0 Å². The van der Waals surface area contributed by atoms with Crippen molar-refractivity contribution in [2.24, 2.45) is 5.10 Å². The molecule has 1 aliphatic rings. The zero-order valence-corrected chi connectivity index (χ0v) is 10.2. The highest BCUT2D eigenvalue weighted by Gasteiger charge is 2.36. The summed E-state index contributed by atoms with van der Waals surface area (Å²) in [4.78, 5) is 10.8. The average molecular weight is 234 g/mol. The van der Waals surface area contributed by atoms with Crippen LogP contribution in [0.1, 0.15) is 19.4 Å². The zero-order chi connectivity index (χ0) is 11.6. The van der Waals surface area contributed by atoms with E-state index in [4.69, 9.17) is 0 Å². The summed E-state index contributed by atoms with van der Waals surface area (Å²) < 4.78 is 0. The Bertz CT molecular complexity index is 430. The van der Waals surface area contributed by atoms with E-state index in [1.54, 1.807) is 6.92 Å². The summed E-state index contributed by atoms with van der Waals surface area (Å²) in [7, 11) is 0. The molecule has 1 atom stereocenters. The highest BCUT2D eigenvalue weighted by Crippen LogP contribution is 2.30. The number of nitrogens with one attached hydrogen (secondary N) is 1. The normalized spacial score (nSPS) is 23.8. The Balaban J connectivity index is 2.03. The number of Topliss-reactive ketones (excluding diaryl/α,β-unsaturated/α-hetero) is 1. The molecule has 0 fully saturated rings. The number of ketones is 1. The van der Waals surface area contributed by atoms with E-state index in [0.29, 0.717) is 0 Å². The molecule has 84 valence electrons. The van der Waals surface area contributed by atoms with E-state index in [-0.39, 0.29) is 5.78 Å². The van der Waals surface area contributed by atoms with E-state index in [1.165, 1.54) is 17.3 Å². The third kappa shape index (κ3) is 2.27. The average Bonchev–Trinajstić information content (AvgIpc) is 2.63. The van der Waals surface area contributed by atoms with Crippen LogP contribution in [0.2, 0.25) is 0 Å². The molecule has 0 aromatic heterocycles. The van der Waals surface area contributed by atoms with Gasteiger partial charge >= 0.3 is 0 Å². The Morgan fingerprint density at radius 3 is 2.69 bits per heavy atom. The highest BCUT2D eigenvalue weighted by molar-refractivity contribution is 8.15. The van der Waals surface area contributed by atoms with Crippen LogP contribution in [0.3, 0.4) is 0 Å². The quantitative estimate of drug-likeness (QED) is 0.871. The van der Waals surface area contributed by atoms with Crippen LogP contribution in [0.25, 0.3) is 0 Å². The lowest BCUT2D eigenvalue weighted by molar-refractivity contribution is -0.119. The maximum absolute atomic E-state index is 11.4. The van der Waals surface area contributed by atoms with Gasteiger partial charge in [0.25, 0.3) is 0 Å². The molecule has 2 rings (SSSR count). The SMILES string of the molecule is CC(=O)C1(C)NN=C(Cc2ccccc2)S1. The third-order valence-corrected chi connectivity index (χ3v) is 3.84. The number of nitrogens with zero attached hydrogens (tertiary/aromatic N) is 1. The fourth-order valence-electron chi connectivity index (χ4n) is 1.45. The van der Waals surface area contributed by atoms with Gasteiger partial charge in [-0.15, -0.1) is 0 Å². The number of hydrogen-bond donors (Lipinski definition) is 1. The number of benzene rings is 1. The molecular formula is C12H14N2OS. The van der Waals surface area contributed by atoms with Crippen LogP contribution in [0.5, 0.6) is 0 Å². The molecule has 0 amide bonds. The van der Waals surface area contributed by atoms with Gasteiger partial charge in [0.1, 0.15) is 5.04 Å². The minimum Gasteiger partial charge on any atom is -0.296 e. The fraction of sp³-hybridized carbons (Fsp3) is 0.333. The Morgan fingerprint density at radius 1 is 1.44 bits per heavy atom. The Labute approximate surface area is 99.3 Å². The molecule has 1 N–H and O–H groups in total. The van der Waals surface area contributed by atoms with Gasteiger partial charge in [0, 0.05) is 6.42 Å². The second-order valence-electron chi connectivity index (χ2n) is 3.97. The maximum Gasteiger partial charge on any atom is 0.166 e. The van der Waals surface area contributed by atoms with Gasteiger partial charge in [0.15, 0.2) is 10.7 Å². The van der Waals surface area contributed by atoms with Crippen LogP contribution in [0, 0.1) is 0 Å². The summed E-state index contributed by atoms with van der Waals surface area (Å²) >= 11 is 1.51. The lowest BCUT2D eigenvalue weighted by atomic mass is 10.2. The Hall–Kier alpha value is -1.29. The van der Waals surface area contributed by atoms with Crippen LogP contribution in [-0.2, 0) is 11.2 Å². The van der Waals surface area contributed by atoms with E-state index in [9.17, 15) is 4.79 Å². The number of thioether (sulfide) groups is 1. The van der Waals surface area contributed by atoms with Crippen LogP contribution in [0.4, 0.5) is 0 Å². The minimum absolute atomic E-state index is 0.101. The van der Waals surface area contributed by atoms with E-state index in [1.807, 2.05) is 25.1 Å². The monoisotopic (exact) mass is 234 g/mol. The van der Waals surface area contributed by atoms with Gasteiger partial charge in [-0.25, -0.2) is 0 Å². The van der Waals surface area contributed by atoms with Crippen molar-refractivity contribution in [1.82, 2.24) is 5.43 Å². The van der Waals surface area contributed by atoms with E-state index >= 15 is 0 Å². The van der Waals surface area contributed by atoms with Gasteiger partial charge in [0.05, 0.1) is 0 Å². The summed E-state index contributed by atoms with van der Waals surface area (Å²) in [5.74, 6) is 0.101. The van der Waals surface area contributed by atoms with Crippen LogP contribution in [0.15, 0.2) is 35.4 Å². The Kier molecular flexibility index (Phi) is 3.01. The highest BCUT2D eigenvalue weighted by atomic mass is 32.2. The van der Waals surface area contributed by atoms with Crippen molar-refractivity contribution in [1.29, 1.82) is 0 Å². The van der Waals surface area contributed by atoms with Gasteiger partial charge in [-0.05, 0) is 19.4 Å². The molecule has 1 aliphatic heterocycles. The molecule has 0 radical (unpaired) electrons. The number of carbonyl (C=O) groups is 1. The number of hydrazone groups is 1. The summed E-state index contributed by atoms with van der Waals surface area (Å²) in [5.41, 5.74) is 4.12. The minimum atomic E-state index is -0.579. The largest absolute Gasteiger partial charge is 0.296 e. The second kappa shape index (κ2) is 4.29.